The Morgan fingerprint density at radius 3 is 1.81 bits per heavy atom. The summed E-state index contributed by atoms with van der Waals surface area (Å²) in [5.74, 6) is -14.9. The summed E-state index contributed by atoms with van der Waals surface area (Å²) in [6, 6.07) is 0. The van der Waals surface area contributed by atoms with E-state index in [0.29, 0.717) is 18.2 Å². The van der Waals surface area contributed by atoms with Crippen LogP contribution < -0.4 is 0 Å². The van der Waals surface area contributed by atoms with Crippen molar-refractivity contribution in [2.24, 2.45) is 0 Å². The Balaban J connectivity index is 3.02. The minimum Gasteiger partial charge on any atom is -0.294 e. The summed E-state index contributed by atoms with van der Waals surface area (Å²) in [5, 5.41) is 0. The molecule has 0 aromatic heterocycles. The smallest absolute Gasteiger partial charge is 0.294 e. The Labute approximate surface area is 147 Å². The quantitative estimate of drug-likeness (QED) is 0.0931. The zero-order chi connectivity index (χ0) is 20.9. The van der Waals surface area contributed by atoms with Crippen LogP contribution in [0.5, 0.6) is 0 Å². The van der Waals surface area contributed by atoms with E-state index in [1.54, 1.807) is 0 Å². The second kappa shape index (κ2) is 8.74. The molecule has 0 unspecified atom stereocenters. The van der Waals surface area contributed by atoms with Crippen molar-refractivity contribution in [1.29, 1.82) is 0 Å². The van der Waals surface area contributed by atoms with Crippen molar-refractivity contribution < 1.29 is 44.7 Å². The van der Waals surface area contributed by atoms with Crippen LogP contribution in [0.2, 0.25) is 0 Å². The van der Waals surface area contributed by atoms with Gasteiger partial charge in [0.25, 0.3) is 0 Å². The molecule has 0 spiro atoms. The van der Waals surface area contributed by atoms with Crippen molar-refractivity contribution in [3.63, 3.8) is 0 Å². The molecule has 1 aromatic carbocycles. The number of hydrogen-bond acceptors (Lipinski definition) is 2. The van der Waals surface area contributed by atoms with Crippen LogP contribution in [-0.2, 0) is 4.79 Å². The fraction of sp³-hybridized carbons (Fsp3) is 0.176. The predicted octanol–water partition coefficient (Wildman–Crippen LogP) is 5.15. The average molecular weight is 398 g/mol. The zero-order valence-corrected chi connectivity index (χ0v) is 13.3. The summed E-state index contributed by atoms with van der Waals surface area (Å²) in [6.45, 7) is 3.13. The van der Waals surface area contributed by atoms with Gasteiger partial charge in [0.2, 0.25) is 5.82 Å². The number of carbonyl (C=O) groups is 2. The maximum absolute atomic E-state index is 13.5. The van der Waals surface area contributed by atoms with Crippen LogP contribution in [-0.4, -0.2) is 17.7 Å². The molecule has 27 heavy (non-hydrogen) atoms. The molecule has 0 saturated carbocycles. The molecule has 2 nitrogen and oxygen atoms in total. The van der Waals surface area contributed by atoms with E-state index >= 15 is 0 Å². The van der Waals surface area contributed by atoms with Gasteiger partial charge in [0, 0.05) is 5.57 Å². The number of halogens is 8. The number of carbonyl (C=O) groups excluding carboxylic acids is 2. The SMILES string of the molecule is C=CC/C(=C\C=C\C(=O)CC(=O)c1c(F)c(F)c(F)c(F)c1F)C(F)(F)F. The van der Waals surface area contributed by atoms with Gasteiger partial charge in [-0.05, 0) is 12.5 Å². The number of rotatable bonds is 7. The molecule has 10 heteroatoms. The monoisotopic (exact) mass is 398 g/mol. The Bertz CT molecular complexity index is 805. The largest absolute Gasteiger partial charge is 0.412 e. The van der Waals surface area contributed by atoms with Crippen molar-refractivity contribution in [3.05, 3.63) is 71.1 Å². The van der Waals surface area contributed by atoms with Gasteiger partial charge >= 0.3 is 6.18 Å². The minimum atomic E-state index is -4.70. The summed E-state index contributed by atoms with van der Waals surface area (Å²) in [7, 11) is 0. The Kier molecular flexibility index (Phi) is 7.21. The molecule has 0 amide bonds. The van der Waals surface area contributed by atoms with Crippen molar-refractivity contribution in [1.82, 2.24) is 0 Å². The highest BCUT2D eigenvalue weighted by Crippen LogP contribution is 2.28. The van der Waals surface area contributed by atoms with E-state index in [1.807, 2.05) is 0 Å². The molecule has 0 aliphatic rings. The van der Waals surface area contributed by atoms with E-state index in [2.05, 4.69) is 6.58 Å². The number of Topliss-reactive ketones (excluding diaryl/α,β-unsaturated/α-hetero) is 1. The van der Waals surface area contributed by atoms with Crippen LogP contribution in [0.25, 0.3) is 0 Å². The second-order valence-corrected chi connectivity index (χ2v) is 5.05. The van der Waals surface area contributed by atoms with Crippen LogP contribution >= 0.6 is 0 Å². The lowest BCUT2D eigenvalue weighted by atomic mass is 10.0. The van der Waals surface area contributed by atoms with E-state index in [0.717, 1.165) is 6.08 Å². The molecule has 0 saturated heterocycles. The molecule has 0 atom stereocenters. The number of allylic oxidation sites excluding steroid dienone is 5. The zero-order valence-electron chi connectivity index (χ0n) is 13.3. The highest BCUT2D eigenvalue weighted by atomic mass is 19.4. The van der Waals surface area contributed by atoms with Crippen molar-refractivity contribution in [3.8, 4) is 0 Å². The third-order valence-corrected chi connectivity index (χ3v) is 3.13. The van der Waals surface area contributed by atoms with Crippen LogP contribution in [0.3, 0.4) is 0 Å². The van der Waals surface area contributed by atoms with Gasteiger partial charge in [-0.25, -0.2) is 22.0 Å². The Morgan fingerprint density at radius 2 is 1.37 bits per heavy atom. The first-order chi connectivity index (χ1) is 12.4. The van der Waals surface area contributed by atoms with Gasteiger partial charge in [-0.2, -0.15) is 13.2 Å². The van der Waals surface area contributed by atoms with Gasteiger partial charge < -0.3 is 0 Å². The molecule has 0 fully saturated rings. The second-order valence-electron chi connectivity index (χ2n) is 5.05. The van der Waals surface area contributed by atoms with E-state index in [-0.39, 0.29) is 0 Å². The predicted molar refractivity (Wildman–Crippen MR) is 78.3 cm³/mol. The fourth-order valence-electron chi connectivity index (χ4n) is 1.86. The molecule has 0 radical (unpaired) electrons. The van der Waals surface area contributed by atoms with Crippen molar-refractivity contribution in [2.45, 2.75) is 19.0 Å². The third kappa shape index (κ3) is 5.35. The van der Waals surface area contributed by atoms with Crippen LogP contribution in [0, 0.1) is 29.1 Å². The number of hydrogen-bond donors (Lipinski definition) is 0. The van der Waals surface area contributed by atoms with Gasteiger partial charge in [0.15, 0.2) is 34.8 Å². The van der Waals surface area contributed by atoms with E-state index in [9.17, 15) is 44.7 Å². The maximum Gasteiger partial charge on any atom is 0.412 e. The molecule has 0 aliphatic heterocycles. The summed E-state index contributed by atoms with van der Waals surface area (Å²) >= 11 is 0. The van der Waals surface area contributed by atoms with E-state index in [1.165, 1.54) is 0 Å². The number of alkyl halides is 3. The van der Waals surface area contributed by atoms with Gasteiger partial charge in [-0.1, -0.05) is 18.2 Å². The highest BCUT2D eigenvalue weighted by Gasteiger charge is 2.32. The summed E-state index contributed by atoms with van der Waals surface area (Å²) < 4.78 is 104. The topological polar surface area (TPSA) is 34.1 Å². The first-order valence-corrected chi connectivity index (χ1v) is 7.04. The molecule has 0 aliphatic carbocycles. The lowest BCUT2D eigenvalue weighted by Crippen LogP contribution is -2.15. The summed E-state index contributed by atoms with van der Waals surface area (Å²) in [4.78, 5) is 23.2. The lowest BCUT2D eigenvalue weighted by Gasteiger charge is -2.08. The molecular formula is C17H10F8O2. The summed E-state index contributed by atoms with van der Waals surface area (Å²) in [5.41, 5.74) is -2.86. The minimum absolute atomic E-state index is 0.499. The highest BCUT2D eigenvalue weighted by molar-refractivity contribution is 6.11. The Morgan fingerprint density at radius 1 is 0.889 bits per heavy atom. The van der Waals surface area contributed by atoms with E-state index < -0.39 is 70.8 Å². The van der Waals surface area contributed by atoms with Gasteiger partial charge in [0.05, 0.1) is 12.0 Å². The standard InChI is InChI=1S/C17H10F8O2/c1-2-4-8(17(23,24)25)5-3-6-9(26)7-10(27)11-12(18)14(20)16(22)15(21)13(11)19/h2-3,5-6H,1,4,7H2/b6-3+,8-5+. The molecular weight excluding hydrogens is 388 g/mol. The van der Waals surface area contributed by atoms with Crippen LogP contribution in [0.1, 0.15) is 23.2 Å². The normalized spacial score (nSPS) is 12.5. The van der Waals surface area contributed by atoms with E-state index in [4.69, 9.17) is 0 Å². The first kappa shape index (κ1) is 22.3. The molecule has 0 heterocycles. The van der Waals surface area contributed by atoms with Crippen molar-refractivity contribution >= 4 is 11.6 Å². The lowest BCUT2D eigenvalue weighted by molar-refractivity contribution is -0.113. The molecule has 0 bridgehead atoms. The molecule has 0 N–H and O–H groups in total. The molecule has 1 aromatic rings. The van der Waals surface area contributed by atoms with Gasteiger partial charge in [0.1, 0.15) is 0 Å². The Hall–Kier alpha value is -2.78. The van der Waals surface area contributed by atoms with Gasteiger partial charge in [-0.3, -0.25) is 9.59 Å². The van der Waals surface area contributed by atoms with Crippen LogP contribution in [0.15, 0.2) is 36.5 Å². The number of benzene rings is 1. The third-order valence-electron chi connectivity index (χ3n) is 3.13. The first-order valence-electron chi connectivity index (χ1n) is 7.04. The fourth-order valence-corrected chi connectivity index (χ4v) is 1.86. The molecule has 146 valence electrons. The van der Waals surface area contributed by atoms with Crippen LogP contribution in [0.4, 0.5) is 35.1 Å². The average Bonchev–Trinajstić information content (AvgIpc) is 2.56. The maximum atomic E-state index is 13.5. The van der Waals surface area contributed by atoms with Crippen molar-refractivity contribution in [2.75, 3.05) is 0 Å². The summed E-state index contributed by atoms with van der Waals surface area (Å²) in [6.07, 6.45) is -3.97. The molecule has 1 rings (SSSR count). The number of ketones is 2. The van der Waals surface area contributed by atoms with Gasteiger partial charge in [-0.15, -0.1) is 6.58 Å².